The first-order chi connectivity index (χ1) is 15.8. The van der Waals surface area contributed by atoms with Crippen molar-refractivity contribution in [2.45, 2.75) is 45.6 Å². The zero-order valence-electron chi connectivity index (χ0n) is 19.3. The maximum atomic E-state index is 12.7. The van der Waals surface area contributed by atoms with Crippen molar-refractivity contribution in [3.63, 3.8) is 0 Å². The highest BCUT2D eigenvalue weighted by molar-refractivity contribution is 5.85. The minimum Gasteiger partial charge on any atom is -0.480 e. The number of rotatable bonds is 10. The second kappa shape index (κ2) is 11.0. The van der Waals surface area contributed by atoms with Crippen LogP contribution in [-0.4, -0.2) is 42.3 Å². The molecule has 3 rings (SSSR count). The lowest BCUT2D eigenvalue weighted by Crippen LogP contribution is -2.47. The molecule has 7 nitrogen and oxygen atoms in total. The maximum absolute atomic E-state index is 12.7. The summed E-state index contributed by atoms with van der Waals surface area (Å²) in [5.74, 6) is -2.14. The minimum absolute atomic E-state index is 0.0438. The molecule has 0 radical (unpaired) electrons. The second-order valence-corrected chi connectivity index (χ2v) is 8.75. The summed E-state index contributed by atoms with van der Waals surface area (Å²) in [6.45, 7) is 5.84. The molecule has 33 heavy (non-hydrogen) atoms. The number of ether oxygens (including phenoxy) is 1. The predicted octanol–water partition coefficient (Wildman–Crippen LogP) is 4.17. The minimum atomic E-state index is -1.06. The predicted molar refractivity (Wildman–Crippen MR) is 126 cm³/mol. The van der Waals surface area contributed by atoms with E-state index in [0.29, 0.717) is 12.8 Å². The SMILES string of the molecule is CCC[C@@H](NC(=O)C(CNC(=O)OCC1c2ccccc2-c2ccccc21)C(C)C)C(=O)O. The van der Waals surface area contributed by atoms with E-state index in [-0.39, 0.29) is 30.9 Å². The lowest BCUT2D eigenvalue weighted by molar-refractivity contribution is -0.143. The van der Waals surface area contributed by atoms with Gasteiger partial charge < -0.3 is 20.5 Å². The maximum Gasteiger partial charge on any atom is 0.407 e. The fourth-order valence-corrected chi connectivity index (χ4v) is 4.30. The molecular formula is C26H32N2O5. The molecule has 0 fully saturated rings. The molecule has 176 valence electrons. The van der Waals surface area contributed by atoms with Crippen LogP contribution in [0, 0.1) is 11.8 Å². The van der Waals surface area contributed by atoms with Gasteiger partial charge in [-0.25, -0.2) is 9.59 Å². The fourth-order valence-electron chi connectivity index (χ4n) is 4.30. The van der Waals surface area contributed by atoms with E-state index in [2.05, 4.69) is 34.9 Å². The number of fused-ring (bicyclic) bond motifs is 3. The van der Waals surface area contributed by atoms with Gasteiger partial charge in [0.25, 0.3) is 0 Å². The first kappa shape index (κ1) is 24.3. The Hall–Kier alpha value is -3.35. The van der Waals surface area contributed by atoms with E-state index in [1.165, 1.54) is 0 Å². The van der Waals surface area contributed by atoms with Gasteiger partial charge >= 0.3 is 12.1 Å². The quantitative estimate of drug-likeness (QED) is 0.502. The van der Waals surface area contributed by atoms with Crippen molar-refractivity contribution in [2.75, 3.05) is 13.2 Å². The summed E-state index contributed by atoms with van der Waals surface area (Å²) in [5.41, 5.74) is 4.56. The molecule has 2 amide bonds. The van der Waals surface area contributed by atoms with Crippen LogP contribution < -0.4 is 10.6 Å². The van der Waals surface area contributed by atoms with E-state index in [4.69, 9.17) is 4.74 Å². The summed E-state index contributed by atoms with van der Waals surface area (Å²) in [6, 6.07) is 15.3. The Morgan fingerprint density at radius 2 is 1.58 bits per heavy atom. The van der Waals surface area contributed by atoms with Crippen LogP contribution >= 0.6 is 0 Å². The molecule has 7 heteroatoms. The molecule has 1 aliphatic rings. The van der Waals surface area contributed by atoms with Gasteiger partial charge in [0, 0.05) is 12.5 Å². The van der Waals surface area contributed by atoms with Gasteiger partial charge in [-0.2, -0.15) is 0 Å². The summed E-state index contributed by atoms with van der Waals surface area (Å²) in [6.07, 6.45) is 0.395. The van der Waals surface area contributed by atoms with E-state index in [0.717, 1.165) is 22.3 Å². The summed E-state index contributed by atoms with van der Waals surface area (Å²) in [7, 11) is 0. The second-order valence-electron chi connectivity index (χ2n) is 8.75. The normalized spacial score (nSPS) is 14.2. The Balaban J connectivity index is 1.58. The van der Waals surface area contributed by atoms with E-state index in [1.54, 1.807) is 0 Å². The van der Waals surface area contributed by atoms with Crippen LogP contribution in [0.15, 0.2) is 48.5 Å². The summed E-state index contributed by atoms with van der Waals surface area (Å²) in [5, 5.41) is 14.6. The molecule has 1 unspecified atom stereocenters. The summed E-state index contributed by atoms with van der Waals surface area (Å²) < 4.78 is 5.53. The molecule has 1 aliphatic carbocycles. The van der Waals surface area contributed by atoms with Crippen molar-refractivity contribution in [1.82, 2.24) is 10.6 Å². The van der Waals surface area contributed by atoms with Crippen LogP contribution in [0.2, 0.25) is 0 Å². The van der Waals surface area contributed by atoms with Gasteiger partial charge in [-0.05, 0) is 34.6 Å². The molecule has 0 aromatic heterocycles. The summed E-state index contributed by atoms with van der Waals surface area (Å²) >= 11 is 0. The number of nitrogens with one attached hydrogen (secondary N) is 2. The molecule has 0 heterocycles. The van der Waals surface area contributed by atoms with Crippen molar-refractivity contribution in [1.29, 1.82) is 0 Å². The monoisotopic (exact) mass is 452 g/mol. The third-order valence-electron chi connectivity index (χ3n) is 6.14. The molecule has 0 spiro atoms. The molecule has 0 saturated carbocycles. The Labute approximate surface area is 194 Å². The number of amides is 2. The van der Waals surface area contributed by atoms with Crippen LogP contribution in [0.5, 0.6) is 0 Å². The molecule has 0 saturated heterocycles. The van der Waals surface area contributed by atoms with Gasteiger partial charge in [-0.3, -0.25) is 4.79 Å². The van der Waals surface area contributed by atoms with Gasteiger partial charge in [0.05, 0.1) is 5.92 Å². The lowest BCUT2D eigenvalue weighted by atomic mass is 9.94. The highest BCUT2D eigenvalue weighted by atomic mass is 16.5. The first-order valence-electron chi connectivity index (χ1n) is 11.5. The zero-order valence-corrected chi connectivity index (χ0v) is 19.3. The number of carboxylic acid groups (broad SMARTS) is 1. The number of carbonyl (C=O) groups excluding carboxylic acids is 2. The van der Waals surface area contributed by atoms with Crippen LogP contribution in [0.1, 0.15) is 50.7 Å². The van der Waals surface area contributed by atoms with Crippen molar-refractivity contribution in [3.8, 4) is 11.1 Å². The molecule has 2 aromatic carbocycles. The first-order valence-corrected chi connectivity index (χ1v) is 11.5. The number of benzene rings is 2. The Morgan fingerprint density at radius 1 is 1.00 bits per heavy atom. The number of aliphatic carboxylic acids is 1. The molecule has 0 aliphatic heterocycles. The van der Waals surface area contributed by atoms with E-state index in [1.807, 2.05) is 45.0 Å². The standard InChI is InChI=1S/C26H32N2O5/c1-4-9-23(25(30)31)28-24(29)21(16(2)3)14-27-26(32)33-15-22-19-12-7-5-10-17(19)18-11-6-8-13-20(18)22/h5-8,10-13,16,21-23H,4,9,14-15H2,1-3H3,(H,27,32)(H,28,29)(H,30,31)/t21?,23-/m1/s1. The number of carboxylic acids is 1. The Morgan fingerprint density at radius 3 is 2.09 bits per heavy atom. The van der Waals surface area contributed by atoms with Crippen molar-refractivity contribution < 1.29 is 24.2 Å². The summed E-state index contributed by atoms with van der Waals surface area (Å²) in [4.78, 5) is 36.5. The molecular weight excluding hydrogens is 420 g/mol. The van der Waals surface area contributed by atoms with Gasteiger partial charge in [-0.1, -0.05) is 75.7 Å². The van der Waals surface area contributed by atoms with Gasteiger partial charge in [0.1, 0.15) is 12.6 Å². The Kier molecular flexibility index (Phi) is 8.09. The highest BCUT2D eigenvalue weighted by Gasteiger charge is 2.30. The largest absolute Gasteiger partial charge is 0.480 e. The highest BCUT2D eigenvalue weighted by Crippen LogP contribution is 2.44. The lowest BCUT2D eigenvalue weighted by Gasteiger charge is -2.23. The number of carbonyl (C=O) groups is 3. The molecule has 3 N–H and O–H groups in total. The topological polar surface area (TPSA) is 105 Å². The van der Waals surface area contributed by atoms with E-state index in [9.17, 15) is 19.5 Å². The van der Waals surface area contributed by atoms with Crippen LogP contribution in [-0.2, 0) is 14.3 Å². The molecule has 2 aromatic rings. The van der Waals surface area contributed by atoms with Gasteiger partial charge in [0.15, 0.2) is 0 Å². The fraction of sp³-hybridized carbons (Fsp3) is 0.423. The van der Waals surface area contributed by atoms with E-state index >= 15 is 0 Å². The average Bonchev–Trinajstić information content (AvgIpc) is 3.11. The van der Waals surface area contributed by atoms with Crippen LogP contribution in [0.3, 0.4) is 0 Å². The number of hydrogen-bond acceptors (Lipinski definition) is 4. The number of alkyl carbamates (subject to hydrolysis) is 1. The molecule has 2 atom stereocenters. The van der Waals surface area contributed by atoms with Crippen molar-refractivity contribution in [2.24, 2.45) is 11.8 Å². The third kappa shape index (κ3) is 5.72. The van der Waals surface area contributed by atoms with Crippen molar-refractivity contribution in [3.05, 3.63) is 59.7 Å². The Bertz CT molecular complexity index is 958. The smallest absolute Gasteiger partial charge is 0.407 e. The van der Waals surface area contributed by atoms with Gasteiger partial charge in [-0.15, -0.1) is 0 Å². The van der Waals surface area contributed by atoms with Gasteiger partial charge in [0.2, 0.25) is 5.91 Å². The number of hydrogen-bond donors (Lipinski definition) is 3. The van der Waals surface area contributed by atoms with Crippen LogP contribution in [0.25, 0.3) is 11.1 Å². The zero-order chi connectivity index (χ0) is 24.0. The van der Waals surface area contributed by atoms with Crippen molar-refractivity contribution >= 4 is 18.0 Å². The average molecular weight is 453 g/mol. The van der Waals surface area contributed by atoms with E-state index < -0.39 is 24.0 Å². The third-order valence-corrected chi connectivity index (χ3v) is 6.14. The van der Waals surface area contributed by atoms with Crippen LogP contribution in [0.4, 0.5) is 4.79 Å². The molecule has 0 bridgehead atoms.